The van der Waals surface area contributed by atoms with Gasteiger partial charge >= 0.3 is 0 Å². The lowest BCUT2D eigenvalue weighted by Crippen LogP contribution is -2.44. The van der Waals surface area contributed by atoms with Gasteiger partial charge in [-0.3, -0.25) is 0 Å². The third-order valence-corrected chi connectivity index (χ3v) is 9.87. The summed E-state index contributed by atoms with van der Waals surface area (Å²) < 4.78 is 39.5. The Morgan fingerprint density at radius 2 is 1.74 bits per heavy atom. The van der Waals surface area contributed by atoms with Gasteiger partial charge in [0.1, 0.15) is 5.82 Å². The zero-order chi connectivity index (χ0) is 27.7. The monoisotopic (exact) mass is 579 g/mol. The lowest BCUT2D eigenvalue weighted by atomic mass is 10.1. The Morgan fingerprint density at radius 3 is 2.39 bits per heavy atom. The first-order chi connectivity index (χ1) is 17.8. The average molecular weight is 581 g/mol. The van der Waals surface area contributed by atoms with Crippen LogP contribution in [0.4, 0.5) is 21.7 Å². The van der Waals surface area contributed by atoms with Crippen LogP contribution in [-0.2, 0) is 22.0 Å². The Labute approximate surface area is 233 Å². The summed E-state index contributed by atoms with van der Waals surface area (Å²) in [5.41, 5.74) is 2.98. The second-order valence-corrected chi connectivity index (χ2v) is 14.1. The van der Waals surface area contributed by atoms with E-state index in [0.717, 1.165) is 31.7 Å². The highest BCUT2D eigenvalue weighted by Gasteiger charge is 2.29. The zero-order valence-electron chi connectivity index (χ0n) is 21.9. The van der Waals surface area contributed by atoms with E-state index < -0.39 is 14.6 Å². The minimum Gasteiger partial charge on any atom is -0.367 e. The normalized spacial score (nSPS) is 15.1. The van der Waals surface area contributed by atoms with E-state index in [4.69, 9.17) is 23.2 Å². The van der Waals surface area contributed by atoms with E-state index in [9.17, 15) is 12.8 Å². The zero-order valence-corrected chi connectivity index (χ0v) is 24.3. The molecule has 0 spiro atoms. The van der Waals surface area contributed by atoms with Crippen molar-refractivity contribution in [1.82, 2.24) is 14.9 Å². The van der Waals surface area contributed by atoms with E-state index >= 15 is 0 Å². The van der Waals surface area contributed by atoms with Gasteiger partial charge in [0, 0.05) is 43.3 Å². The van der Waals surface area contributed by atoms with Gasteiger partial charge in [-0.2, -0.15) is 0 Å². The van der Waals surface area contributed by atoms with Crippen LogP contribution >= 0.6 is 23.2 Å². The fourth-order valence-electron chi connectivity index (χ4n) is 4.07. The summed E-state index contributed by atoms with van der Waals surface area (Å²) in [5.74, 6) is -0.198. The van der Waals surface area contributed by atoms with Crippen LogP contribution in [0.3, 0.4) is 0 Å². The van der Waals surface area contributed by atoms with Gasteiger partial charge in [-0.15, -0.1) is 0 Å². The summed E-state index contributed by atoms with van der Waals surface area (Å²) in [6.45, 7) is 8.34. The first kappa shape index (κ1) is 28.5. The minimum atomic E-state index is -3.41. The number of likely N-dealkylation sites (N-methyl/N-ethyl adjacent to an activating group) is 1. The molecule has 4 rings (SSSR count). The van der Waals surface area contributed by atoms with E-state index in [1.165, 1.54) is 12.3 Å². The van der Waals surface area contributed by atoms with Crippen LogP contribution in [0.1, 0.15) is 37.6 Å². The number of benzene rings is 2. The molecular formula is C27H32Cl2FN5O2S. The summed E-state index contributed by atoms with van der Waals surface area (Å²) in [6, 6.07) is 10.3. The molecular weight excluding hydrogens is 548 g/mol. The SMILES string of the molecule is CN1CCN(c2ccc(Nc3ncc(Cl)c(Cc4ccc(Cl)c(CS(=O)(=O)C(C)(C)C)c4)n3)cc2F)CC1. The third-order valence-electron chi connectivity index (χ3n) is 6.62. The quantitative estimate of drug-likeness (QED) is 0.383. The van der Waals surface area contributed by atoms with Gasteiger partial charge < -0.3 is 15.1 Å². The van der Waals surface area contributed by atoms with Gasteiger partial charge in [-0.05, 0) is 63.2 Å². The highest BCUT2D eigenvalue weighted by molar-refractivity contribution is 7.91. The summed E-state index contributed by atoms with van der Waals surface area (Å²) >= 11 is 12.7. The Balaban J connectivity index is 1.51. The molecule has 2 heterocycles. The van der Waals surface area contributed by atoms with Crippen molar-refractivity contribution in [3.05, 3.63) is 75.3 Å². The highest BCUT2D eigenvalue weighted by Crippen LogP contribution is 2.29. The molecule has 0 unspecified atom stereocenters. The number of aromatic nitrogens is 2. The largest absolute Gasteiger partial charge is 0.367 e. The predicted molar refractivity (Wildman–Crippen MR) is 153 cm³/mol. The molecule has 0 radical (unpaired) electrons. The Morgan fingerprint density at radius 1 is 1.03 bits per heavy atom. The number of piperazine rings is 1. The van der Waals surface area contributed by atoms with Crippen molar-refractivity contribution >= 4 is 50.4 Å². The number of halogens is 3. The van der Waals surface area contributed by atoms with Crippen molar-refractivity contribution < 1.29 is 12.8 Å². The Hall–Kier alpha value is -2.46. The Kier molecular flexibility index (Phi) is 8.52. The summed E-state index contributed by atoms with van der Waals surface area (Å²) in [7, 11) is -1.35. The number of anilines is 3. The van der Waals surface area contributed by atoms with Crippen LogP contribution in [0, 0.1) is 5.82 Å². The van der Waals surface area contributed by atoms with Crippen molar-refractivity contribution in [2.75, 3.05) is 43.4 Å². The second-order valence-electron chi connectivity index (χ2n) is 10.5. The molecule has 3 aromatic rings. The summed E-state index contributed by atoms with van der Waals surface area (Å²) in [5, 5.41) is 3.81. The third kappa shape index (κ3) is 6.75. The maximum absolute atomic E-state index is 14.9. The molecule has 0 amide bonds. The van der Waals surface area contributed by atoms with Crippen LogP contribution in [0.5, 0.6) is 0 Å². The number of hydrogen-bond acceptors (Lipinski definition) is 7. The molecule has 0 saturated carbocycles. The number of rotatable bonds is 7. The van der Waals surface area contributed by atoms with E-state index in [-0.39, 0.29) is 17.5 Å². The van der Waals surface area contributed by atoms with Crippen LogP contribution in [0.2, 0.25) is 10.0 Å². The molecule has 1 aliphatic heterocycles. The summed E-state index contributed by atoms with van der Waals surface area (Å²) in [4.78, 5) is 13.0. The second kappa shape index (κ2) is 11.3. The number of nitrogens with zero attached hydrogens (tertiary/aromatic N) is 4. The van der Waals surface area contributed by atoms with Crippen molar-refractivity contribution in [3.63, 3.8) is 0 Å². The maximum atomic E-state index is 14.9. The molecule has 1 aromatic heterocycles. The number of hydrogen-bond donors (Lipinski definition) is 1. The van der Waals surface area contributed by atoms with E-state index in [1.54, 1.807) is 45.0 Å². The standard InChI is InChI=1S/C27H32Cl2FN5O2S/c1-27(2,3)38(36,37)17-19-13-18(5-7-21(19)28)14-24-22(29)16-31-26(33-24)32-20-6-8-25(23(30)15-20)35-11-9-34(4)10-12-35/h5-8,13,15-16H,9-12,14,17H2,1-4H3,(H,31,32,33). The van der Waals surface area contributed by atoms with Gasteiger partial charge in [0.2, 0.25) is 5.95 Å². The van der Waals surface area contributed by atoms with Gasteiger partial charge in [0.25, 0.3) is 0 Å². The van der Waals surface area contributed by atoms with Gasteiger partial charge in [-0.25, -0.2) is 22.8 Å². The van der Waals surface area contributed by atoms with E-state index in [2.05, 4.69) is 27.2 Å². The highest BCUT2D eigenvalue weighted by atomic mass is 35.5. The van der Waals surface area contributed by atoms with E-state index in [1.807, 2.05) is 11.0 Å². The molecule has 11 heteroatoms. The smallest absolute Gasteiger partial charge is 0.227 e. The molecule has 0 bridgehead atoms. The molecule has 2 aromatic carbocycles. The lowest BCUT2D eigenvalue weighted by molar-refractivity contribution is 0.311. The predicted octanol–water partition coefficient (Wildman–Crippen LogP) is 5.72. The molecule has 7 nitrogen and oxygen atoms in total. The fraction of sp³-hybridized carbons (Fsp3) is 0.407. The van der Waals surface area contributed by atoms with Crippen LogP contribution in [0.25, 0.3) is 0 Å². The number of nitrogens with one attached hydrogen (secondary N) is 1. The molecule has 1 N–H and O–H groups in total. The van der Waals surface area contributed by atoms with Gasteiger partial charge in [0.05, 0.1) is 33.1 Å². The van der Waals surface area contributed by atoms with Gasteiger partial charge in [-0.1, -0.05) is 35.3 Å². The van der Waals surface area contributed by atoms with Crippen molar-refractivity contribution in [1.29, 1.82) is 0 Å². The average Bonchev–Trinajstić information content (AvgIpc) is 2.83. The lowest BCUT2D eigenvalue weighted by Gasteiger charge is -2.34. The molecule has 0 aliphatic carbocycles. The van der Waals surface area contributed by atoms with E-state index in [0.29, 0.717) is 39.1 Å². The number of sulfone groups is 1. The van der Waals surface area contributed by atoms with Crippen LogP contribution < -0.4 is 10.2 Å². The molecule has 38 heavy (non-hydrogen) atoms. The van der Waals surface area contributed by atoms with Crippen LogP contribution in [0.15, 0.2) is 42.6 Å². The fourth-order valence-corrected chi connectivity index (χ4v) is 5.57. The van der Waals surface area contributed by atoms with Crippen molar-refractivity contribution in [3.8, 4) is 0 Å². The molecule has 0 atom stereocenters. The molecule has 1 aliphatic rings. The Bertz CT molecular complexity index is 1420. The molecule has 1 saturated heterocycles. The van der Waals surface area contributed by atoms with Crippen molar-refractivity contribution in [2.24, 2.45) is 0 Å². The summed E-state index contributed by atoms with van der Waals surface area (Å²) in [6.07, 6.45) is 1.83. The maximum Gasteiger partial charge on any atom is 0.227 e. The first-order valence-electron chi connectivity index (χ1n) is 12.3. The molecule has 1 fully saturated rings. The van der Waals surface area contributed by atoms with Gasteiger partial charge in [0.15, 0.2) is 9.84 Å². The van der Waals surface area contributed by atoms with Crippen molar-refractivity contribution in [2.45, 2.75) is 37.7 Å². The minimum absolute atomic E-state index is 0.164. The van der Waals surface area contributed by atoms with Crippen LogP contribution in [-0.4, -0.2) is 61.3 Å². The topological polar surface area (TPSA) is 78.4 Å². The first-order valence-corrected chi connectivity index (χ1v) is 14.7. The molecule has 204 valence electrons.